The molecule has 0 spiro atoms. The number of rotatable bonds is 6. The van der Waals surface area contributed by atoms with Gasteiger partial charge in [0.15, 0.2) is 0 Å². The van der Waals surface area contributed by atoms with Gasteiger partial charge in [0.2, 0.25) is 10.0 Å². The third kappa shape index (κ3) is 4.07. The Hall–Kier alpha value is -1.51. The first kappa shape index (κ1) is 17.8. The standard InChI is InChI=1S/C15H24N3O4S/c1-3-18(10-8-16(9-11-18)23(21,22)4-2)13-14-6-5-7-15(12-14)17(19)20/h5-7,12H,3-4,8-11,13H2,1-2H3/q+1. The second-order valence-corrected chi connectivity index (χ2v) is 8.25. The molecule has 0 atom stereocenters. The Bertz CT molecular complexity index is 667. The number of benzene rings is 1. The lowest BCUT2D eigenvalue weighted by Gasteiger charge is -2.43. The number of piperazine rings is 1. The SMILES string of the molecule is CC[N+]1(Cc2cccc([N+](=O)[O-])c2)CCN(S(=O)(=O)CC)CC1. The molecule has 0 N–H and O–H groups in total. The van der Waals surface area contributed by atoms with Crippen molar-refractivity contribution in [3.63, 3.8) is 0 Å². The minimum Gasteiger partial charge on any atom is -0.318 e. The third-order valence-corrected chi connectivity index (χ3v) is 6.60. The van der Waals surface area contributed by atoms with Gasteiger partial charge < -0.3 is 4.48 Å². The molecule has 1 aromatic rings. The van der Waals surface area contributed by atoms with Crippen LogP contribution >= 0.6 is 0 Å². The van der Waals surface area contributed by atoms with Crippen LogP contribution in [0, 0.1) is 10.1 Å². The van der Waals surface area contributed by atoms with E-state index in [1.165, 1.54) is 6.07 Å². The van der Waals surface area contributed by atoms with Crippen molar-refractivity contribution in [2.75, 3.05) is 38.5 Å². The van der Waals surface area contributed by atoms with Gasteiger partial charge in [-0.3, -0.25) is 10.1 Å². The Kier molecular flexibility index (Phi) is 5.38. The molecule has 0 aliphatic carbocycles. The fourth-order valence-corrected chi connectivity index (χ4v) is 4.16. The van der Waals surface area contributed by atoms with Crippen molar-refractivity contribution in [1.82, 2.24) is 4.31 Å². The van der Waals surface area contributed by atoms with Gasteiger partial charge in [0.25, 0.3) is 5.69 Å². The Morgan fingerprint density at radius 3 is 2.43 bits per heavy atom. The summed E-state index contributed by atoms with van der Waals surface area (Å²) in [6.45, 7) is 7.81. The average molecular weight is 342 g/mol. The lowest BCUT2D eigenvalue weighted by Crippen LogP contribution is -2.59. The Morgan fingerprint density at radius 2 is 1.91 bits per heavy atom. The van der Waals surface area contributed by atoms with Crippen molar-refractivity contribution < 1.29 is 17.8 Å². The van der Waals surface area contributed by atoms with Gasteiger partial charge in [0, 0.05) is 17.7 Å². The molecule has 0 unspecified atom stereocenters. The average Bonchev–Trinajstić information content (AvgIpc) is 2.55. The molecule has 0 bridgehead atoms. The second-order valence-electron chi connectivity index (χ2n) is 5.99. The summed E-state index contributed by atoms with van der Waals surface area (Å²) < 4.78 is 26.3. The zero-order valence-corrected chi connectivity index (χ0v) is 14.5. The summed E-state index contributed by atoms with van der Waals surface area (Å²) in [5.41, 5.74) is 1.02. The van der Waals surface area contributed by atoms with Crippen molar-refractivity contribution >= 4 is 15.7 Å². The number of hydrogen-bond acceptors (Lipinski definition) is 4. The first-order chi connectivity index (χ1) is 10.8. The summed E-state index contributed by atoms with van der Waals surface area (Å²) in [4.78, 5) is 10.5. The lowest BCUT2D eigenvalue weighted by molar-refractivity contribution is -0.942. The monoisotopic (exact) mass is 342 g/mol. The van der Waals surface area contributed by atoms with Gasteiger partial charge in [0.05, 0.1) is 43.4 Å². The third-order valence-electron chi connectivity index (χ3n) is 4.72. The van der Waals surface area contributed by atoms with Crippen molar-refractivity contribution in [2.24, 2.45) is 0 Å². The predicted octanol–water partition coefficient (Wildman–Crippen LogP) is 1.60. The van der Waals surface area contributed by atoms with Crippen LogP contribution in [0.3, 0.4) is 0 Å². The maximum atomic E-state index is 12.0. The van der Waals surface area contributed by atoms with Gasteiger partial charge >= 0.3 is 0 Å². The Labute approximate surface area is 137 Å². The molecule has 1 saturated heterocycles. The van der Waals surface area contributed by atoms with Crippen molar-refractivity contribution in [3.8, 4) is 0 Å². The van der Waals surface area contributed by atoms with Gasteiger partial charge in [-0.15, -0.1) is 0 Å². The van der Waals surface area contributed by atoms with E-state index >= 15 is 0 Å². The van der Waals surface area contributed by atoms with Crippen LogP contribution in [0.15, 0.2) is 24.3 Å². The van der Waals surface area contributed by atoms with Gasteiger partial charge in [-0.1, -0.05) is 12.1 Å². The number of hydrogen-bond donors (Lipinski definition) is 0. The molecule has 0 amide bonds. The zero-order chi connectivity index (χ0) is 17.1. The zero-order valence-electron chi connectivity index (χ0n) is 13.6. The molecule has 1 aliphatic rings. The molecule has 23 heavy (non-hydrogen) atoms. The van der Waals surface area contributed by atoms with E-state index in [1.54, 1.807) is 23.4 Å². The summed E-state index contributed by atoms with van der Waals surface area (Å²) in [5, 5.41) is 10.9. The highest BCUT2D eigenvalue weighted by Crippen LogP contribution is 2.22. The largest absolute Gasteiger partial charge is 0.318 e. The van der Waals surface area contributed by atoms with Crippen LogP contribution in [-0.2, 0) is 16.6 Å². The van der Waals surface area contributed by atoms with Crippen molar-refractivity contribution in [3.05, 3.63) is 39.9 Å². The Morgan fingerprint density at radius 1 is 1.26 bits per heavy atom. The van der Waals surface area contributed by atoms with E-state index in [2.05, 4.69) is 6.92 Å². The molecule has 8 heteroatoms. The molecule has 1 aliphatic heterocycles. The van der Waals surface area contributed by atoms with Crippen molar-refractivity contribution in [2.45, 2.75) is 20.4 Å². The molecule has 0 radical (unpaired) electrons. The number of nitro benzene ring substituents is 1. The number of non-ortho nitro benzene ring substituents is 1. The molecule has 1 fully saturated rings. The predicted molar refractivity (Wildman–Crippen MR) is 88.4 cm³/mol. The van der Waals surface area contributed by atoms with Gasteiger partial charge in [0.1, 0.15) is 6.54 Å². The number of nitrogens with zero attached hydrogens (tertiary/aromatic N) is 3. The van der Waals surface area contributed by atoms with Crippen LogP contribution in [-0.4, -0.2) is 60.6 Å². The molecule has 2 rings (SSSR count). The van der Waals surface area contributed by atoms with Crippen LogP contribution in [0.4, 0.5) is 5.69 Å². The fourth-order valence-electron chi connectivity index (χ4n) is 3.07. The second kappa shape index (κ2) is 6.94. The van der Waals surface area contributed by atoms with Gasteiger partial charge in [-0.2, -0.15) is 4.31 Å². The van der Waals surface area contributed by atoms with E-state index < -0.39 is 10.0 Å². The van der Waals surface area contributed by atoms with E-state index in [0.29, 0.717) is 19.6 Å². The molecule has 1 heterocycles. The first-order valence-corrected chi connectivity index (χ1v) is 9.49. The highest BCUT2D eigenvalue weighted by molar-refractivity contribution is 7.89. The smallest absolute Gasteiger partial charge is 0.269 e. The molecule has 7 nitrogen and oxygen atoms in total. The summed E-state index contributed by atoms with van der Waals surface area (Å²) in [6.07, 6.45) is 0. The summed E-state index contributed by atoms with van der Waals surface area (Å²) in [5.74, 6) is 0.129. The molecule has 1 aromatic carbocycles. The van der Waals surface area contributed by atoms with Crippen LogP contribution in [0.5, 0.6) is 0 Å². The number of quaternary nitrogens is 1. The van der Waals surface area contributed by atoms with Gasteiger partial charge in [-0.05, 0) is 13.8 Å². The minimum atomic E-state index is -3.14. The van der Waals surface area contributed by atoms with Gasteiger partial charge in [-0.25, -0.2) is 8.42 Å². The van der Waals surface area contributed by atoms with Crippen LogP contribution < -0.4 is 0 Å². The lowest BCUT2D eigenvalue weighted by atomic mass is 10.1. The summed E-state index contributed by atoms with van der Waals surface area (Å²) >= 11 is 0. The van der Waals surface area contributed by atoms with E-state index in [9.17, 15) is 18.5 Å². The minimum absolute atomic E-state index is 0.101. The van der Waals surface area contributed by atoms with Crippen LogP contribution in [0.2, 0.25) is 0 Å². The van der Waals surface area contributed by atoms with Crippen LogP contribution in [0.25, 0.3) is 0 Å². The maximum absolute atomic E-state index is 12.0. The first-order valence-electron chi connectivity index (χ1n) is 7.88. The van der Waals surface area contributed by atoms with E-state index in [4.69, 9.17) is 0 Å². The molecular weight excluding hydrogens is 318 g/mol. The topological polar surface area (TPSA) is 80.5 Å². The number of likely N-dealkylation sites (N-methyl/N-ethyl adjacent to an activating group) is 1. The normalized spacial score (nSPS) is 18.7. The number of nitro groups is 1. The Balaban J connectivity index is 2.12. The van der Waals surface area contributed by atoms with Crippen molar-refractivity contribution in [1.29, 1.82) is 0 Å². The van der Waals surface area contributed by atoms with E-state index in [1.807, 2.05) is 6.07 Å². The van der Waals surface area contributed by atoms with E-state index in [-0.39, 0.29) is 16.4 Å². The summed E-state index contributed by atoms with van der Waals surface area (Å²) in [7, 11) is -3.14. The van der Waals surface area contributed by atoms with E-state index in [0.717, 1.165) is 29.7 Å². The summed E-state index contributed by atoms with van der Waals surface area (Å²) in [6, 6.07) is 6.71. The molecule has 0 saturated carbocycles. The maximum Gasteiger partial charge on any atom is 0.269 e. The number of sulfonamides is 1. The highest BCUT2D eigenvalue weighted by atomic mass is 32.2. The fraction of sp³-hybridized carbons (Fsp3) is 0.600. The quantitative estimate of drug-likeness (QED) is 0.447. The molecule has 0 aromatic heterocycles. The molecular formula is C15H24N3O4S+. The highest BCUT2D eigenvalue weighted by Gasteiger charge is 2.35. The molecule has 128 valence electrons. The van der Waals surface area contributed by atoms with Crippen LogP contribution in [0.1, 0.15) is 19.4 Å².